The summed E-state index contributed by atoms with van der Waals surface area (Å²) >= 11 is 6.37. The van der Waals surface area contributed by atoms with Gasteiger partial charge in [-0.2, -0.15) is 5.10 Å². The molecule has 16 heavy (non-hydrogen) atoms. The molecule has 0 saturated heterocycles. The molecule has 3 heteroatoms. The zero-order valence-corrected chi connectivity index (χ0v) is 10.9. The van der Waals surface area contributed by atoms with Crippen LogP contribution in [-0.2, 0) is 0 Å². The van der Waals surface area contributed by atoms with Gasteiger partial charge in [0, 0.05) is 11.1 Å². The molecule has 1 aromatic heterocycles. The average molecular weight is 237 g/mol. The van der Waals surface area contributed by atoms with Crippen molar-refractivity contribution in [2.45, 2.75) is 39.5 Å². The molecule has 0 fully saturated rings. The van der Waals surface area contributed by atoms with Crippen LogP contribution in [0.15, 0.2) is 12.1 Å². The van der Waals surface area contributed by atoms with E-state index < -0.39 is 0 Å². The largest absolute Gasteiger partial charge is 0.281 e. The fourth-order valence-electron chi connectivity index (χ4n) is 1.97. The standard InChI is InChI=1S/C13H17ClN2/c1-7(2)9-5-6-10-12(8(3)4)15-16-13(10)11(9)14/h5-8H,1-4H3,(H,15,16). The highest BCUT2D eigenvalue weighted by molar-refractivity contribution is 6.36. The lowest BCUT2D eigenvalue weighted by molar-refractivity contribution is 0.818. The van der Waals surface area contributed by atoms with Gasteiger partial charge in [0.25, 0.3) is 0 Å². The minimum Gasteiger partial charge on any atom is -0.281 e. The summed E-state index contributed by atoms with van der Waals surface area (Å²) < 4.78 is 0. The molecule has 0 spiro atoms. The number of fused-ring (bicyclic) bond motifs is 1. The van der Waals surface area contributed by atoms with Crippen molar-refractivity contribution in [2.75, 3.05) is 0 Å². The van der Waals surface area contributed by atoms with Crippen LogP contribution in [0, 0.1) is 0 Å². The van der Waals surface area contributed by atoms with Gasteiger partial charge < -0.3 is 0 Å². The molecule has 0 amide bonds. The van der Waals surface area contributed by atoms with Crippen LogP contribution in [0.1, 0.15) is 50.8 Å². The number of rotatable bonds is 2. The normalized spacial score (nSPS) is 11.9. The molecule has 0 radical (unpaired) electrons. The van der Waals surface area contributed by atoms with Crippen LogP contribution in [0.2, 0.25) is 5.02 Å². The number of halogens is 1. The minimum absolute atomic E-state index is 0.427. The molecule has 2 rings (SSSR count). The van der Waals surface area contributed by atoms with Gasteiger partial charge in [0.05, 0.1) is 5.02 Å². The summed E-state index contributed by atoms with van der Waals surface area (Å²) in [4.78, 5) is 0. The van der Waals surface area contributed by atoms with Crippen LogP contribution >= 0.6 is 11.6 Å². The molecule has 0 bridgehead atoms. The number of aromatic nitrogens is 2. The molecule has 1 heterocycles. The molecule has 0 unspecified atom stereocenters. The van der Waals surface area contributed by atoms with Crippen LogP contribution in [0.25, 0.3) is 10.9 Å². The SMILES string of the molecule is CC(C)c1ccc2c(C(C)C)[nH]nc2c1Cl. The van der Waals surface area contributed by atoms with Crippen molar-refractivity contribution < 1.29 is 0 Å². The number of hydrogen-bond donors (Lipinski definition) is 1. The maximum absolute atomic E-state index is 6.37. The van der Waals surface area contributed by atoms with Crippen molar-refractivity contribution in [1.82, 2.24) is 10.2 Å². The minimum atomic E-state index is 0.427. The van der Waals surface area contributed by atoms with Gasteiger partial charge in [-0.15, -0.1) is 0 Å². The Bertz CT molecular complexity index is 512. The molecule has 0 atom stereocenters. The topological polar surface area (TPSA) is 28.7 Å². The van der Waals surface area contributed by atoms with Crippen LogP contribution in [0.4, 0.5) is 0 Å². The molecule has 1 aromatic carbocycles. The van der Waals surface area contributed by atoms with E-state index in [1.165, 1.54) is 0 Å². The van der Waals surface area contributed by atoms with Gasteiger partial charge in [-0.05, 0) is 17.4 Å². The summed E-state index contributed by atoms with van der Waals surface area (Å²) in [5, 5.41) is 9.34. The van der Waals surface area contributed by atoms with Gasteiger partial charge in [-0.25, -0.2) is 0 Å². The Balaban J connectivity index is 2.69. The van der Waals surface area contributed by atoms with Crippen LogP contribution in [0.3, 0.4) is 0 Å². The van der Waals surface area contributed by atoms with E-state index in [-0.39, 0.29) is 0 Å². The third kappa shape index (κ3) is 1.71. The monoisotopic (exact) mass is 236 g/mol. The second kappa shape index (κ2) is 4.10. The molecule has 0 aliphatic rings. The molecule has 1 N–H and O–H groups in total. The Morgan fingerprint density at radius 2 is 1.81 bits per heavy atom. The number of nitrogens with zero attached hydrogens (tertiary/aromatic N) is 1. The second-order valence-electron chi connectivity index (χ2n) is 4.81. The van der Waals surface area contributed by atoms with E-state index in [4.69, 9.17) is 11.6 Å². The fraction of sp³-hybridized carbons (Fsp3) is 0.462. The lowest BCUT2D eigenvalue weighted by Crippen LogP contribution is -1.90. The van der Waals surface area contributed by atoms with Gasteiger partial charge in [-0.3, -0.25) is 5.10 Å². The van der Waals surface area contributed by atoms with Crippen molar-refractivity contribution in [3.8, 4) is 0 Å². The smallest absolute Gasteiger partial charge is 0.111 e. The first-order chi connectivity index (χ1) is 7.52. The highest BCUT2D eigenvalue weighted by Crippen LogP contribution is 2.33. The fourth-order valence-corrected chi connectivity index (χ4v) is 2.39. The number of benzene rings is 1. The van der Waals surface area contributed by atoms with Gasteiger partial charge in [0.15, 0.2) is 0 Å². The number of aromatic amines is 1. The van der Waals surface area contributed by atoms with Gasteiger partial charge in [-0.1, -0.05) is 51.4 Å². The molecule has 0 saturated carbocycles. The Hall–Kier alpha value is -1.02. The zero-order valence-electron chi connectivity index (χ0n) is 10.1. The van der Waals surface area contributed by atoms with E-state index in [1.54, 1.807) is 0 Å². The van der Waals surface area contributed by atoms with Crippen molar-refractivity contribution in [2.24, 2.45) is 0 Å². The summed E-state index contributed by atoms with van der Waals surface area (Å²) in [6, 6.07) is 4.23. The molecular formula is C13H17ClN2. The Morgan fingerprint density at radius 3 is 2.38 bits per heavy atom. The Kier molecular flexibility index (Phi) is 2.94. The summed E-state index contributed by atoms with van der Waals surface area (Å²) in [6.45, 7) is 8.58. The summed E-state index contributed by atoms with van der Waals surface area (Å²) in [5.74, 6) is 0.863. The molecule has 0 aliphatic heterocycles. The first-order valence-corrected chi connectivity index (χ1v) is 6.06. The molecule has 86 valence electrons. The number of hydrogen-bond acceptors (Lipinski definition) is 1. The van der Waals surface area contributed by atoms with Crippen molar-refractivity contribution in [3.63, 3.8) is 0 Å². The van der Waals surface area contributed by atoms with E-state index in [1.807, 2.05) is 0 Å². The quantitative estimate of drug-likeness (QED) is 0.819. The van der Waals surface area contributed by atoms with Crippen molar-refractivity contribution in [1.29, 1.82) is 0 Å². The van der Waals surface area contributed by atoms with Gasteiger partial charge in [0.2, 0.25) is 0 Å². The predicted octanol–water partition coefficient (Wildman–Crippen LogP) is 4.46. The van der Waals surface area contributed by atoms with E-state index in [0.29, 0.717) is 11.8 Å². The van der Waals surface area contributed by atoms with Crippen molar-refractivity contribution in [3.05, 3.63) is 28.4 Å². The number of H-pyrrole nitrogens is 1. The summed E-state index contributed by atoms with van der Waals surface area (Å²) in [6.07, 6.45) is 0. The third-order valence-corrected chi connectivity index (χ3v) is 3.32. The van der Waals surface area contributed by atoms with Gasteiger partial charge in [0.1, 0.15) is 5.52 Å². The van der Waals surface area contributed by atoms with E-state index in [2.05, 4.69) is 50.0 Å². The molecule has 2 aromatic rings. The Labute approximate surface area is 101 Å². The maximum atomic E-state index is 6.37. The Morgan fingerprint density at radius 1 is 1.12 bits per heavy atom. The third-order valence-electron chi connectivity index (χ3n) is 2.92. The van der Waals surface area contributed by atoms with Crippen molar-refractivity contribution >= 4 is 22.5 Å². The first kappa shape index (κ1) is 11.5. The second-order valence-corrected chi connectivity index (χ2v) is 5.19. The summed E-state index contributed by atoms with van der Waals surface area (Å²) in [5.41, 5.74) is 3.22. The molecule has 2 nitrogen and oxygen atoms in total. The molecular weight excluding hydrogens is 220 g/mol. The summed E-state index contributed by atoms with van der Waals surface area (Å²) in [7, 11) is 0. The highest BCUT2D eigenvalue weighted by atomic mass is 35.5. The van der Waals surface area contributed by atoms with E-state index >= 15 is 0 Å². The van der Waals surface area contributed by atoms with Crippen LogP contribution in [0.5, 0.6) is 0 Å². The lowest BCUT2D eigenvalue weighted by atomic mass is 9.99. The average Bonchev–Trinajstić information content (AvgIpc) is 2.61. The van der Waals surface area contributed by atoms with Gasteiger partial charge >= 0.3 is 0 Å². The zero-order chi connectivity index (χ0) is 11.9. The number of nitrogens with one attached hydrogen (secondary N) is 1. The predicted molar refractivity (Wildman–Crippen MR) is 69.3 cm³/mol. The van der Waals surface area contributed by atoms with Crippen LogP contribution < -0.4 is 0 Å². The van der Waals surface area contributed by atoms with E-state index in [9.17, 15) is 0 Å². The first-order valence-electron chi connectivity index (χ1n) is 5.68. The lowest BCUT2D eigenvalue weighted by Gasteiger charge is -2.08. The highest BCUT2D eigenvalue weighted by Gasteiger charge is 2.15. The van der Waals surface area contributed by atoms with E-state index in [0.717, 1.165) is 27.2 Å². The maximum Gasteiger partial charge on any atom is 0.111 e. The van der Waals surface area contributed by atoms with Crippen LogP contribution in [-0.4, -0.2) is 10.2 Å². The molecule has 0 aliphatic carbocycles.